The van der Waals surface area contributed by atoms with Crippen LogP contribution in [0.15, 0.2) is 30.6 Å². The highest BCUT2D eigenvalue weighted by Crippen LogP contribution is 2.50. The number of aryl methyl sites for hydroxylation is 1. The molecule has 1 aliphatic heterocycles. The lowest BCUT2D eigenvalue weighted by Gasteiger charge is -2.36. The lowest BCUT2D eigenvalue weighted by Crippen LogP contribution is -2.34. The Morgan fingerprint density at radius 1 is 1.24 bits per heavy atom. The lowest BCUT2D eigenvalue weighted by molar-refractivity contribution is -0.129. The number of halogens is 1. The zero-order valence-electron chi connectivity index (χ0n) is 16.4. The van der Waals surface area contributed by atoms with E-state index in [-0.39, 0.29) is 17.2 Å². The molecule has 0 atom stereocenters. The van der Waals surface area contributed by atoms with Gasteiger partial charge in [-0.3, -0.25) is 9.48 Å². The normalized spacial score (nSPS) is 24.3. The van der Waals surface area contributed by atoms with Crippen molar-refractivity contribution in [3.63, 3.8) is 0 Å². The van der Waals surface area contributed by atoms with Gasteiger partial charge in [-0.15, -0.1) is 0 Å². The van der Waals surface area contributed by atoms with Gasteiger partial charge < -0.3 is 11.1 Å². The summed E-state index contributed by atoms with van der Waals surface area (Å²) in [5.41, 5.74) is 10.1. The number of nitrogen functional groups attached to an aromatic ring is 1. The van der Waals surface area contributed by atoms with Gasteiger partial charge in [0.05, 0.1) is 22.2 Å². The van der Waals surface area contributed by atoms with Gasteiger partial charge in [0.25, 0.3) is 0 Å². The largest absolute Gasteiger partial charge is 0.382 e. The van der Waals surface area contributed by atoms with Crippen molar-refractivity contribution in [1.82, 2.24) is 20.1 Å². The minimum absolute atomic E-state index is 0.184. The van der Waals surface area contributed by atoms with Gasteiger partial charge in [0, 0.05) is 30.7 Å². The van der Waals surface area contributed by atoms with Gasteiger partial charge in [0.1, 0.15) is 5.82 Å². The number of benzene rings is 1. The van der Waals surface area contributed by atoms with Crippen LogP contribution < -0.4 is 11.1 Å². The maximum Gasteiger partial charge on any atom is 0.226 e. The van der Waals surface area contributed by atoms with Gasteiger partial charge in [0.2, 0.25) is 5.91 Å². The van der Waals surface area contributed by atoms with E-state index in [1.165, 1.54) is 0 Å². The number of pyridine rings is 1. The third kappa shape index (κ3) is 2.89. The molecule has 2 aromatic heterocycles. The summed E-state index contributed by atoms with van der Waals surface area (Å²) in [6.07, 6.45) is 8.29. The van der Waals surface area contributed by atoms with Crippen LogP contribution in [0, 0.1) is 5.41 Å². The van der Waals surface area contributed by atoms with Crippen LogP contribution >= 0.6 is 11.6 Å². The Morgan fingerprint density at radius 2 is 2.03 bits per heavy atom. The minimum atomic E-state index is -0.184. The van der Waals surface area contributed by atoms with Gasteiger partial charge in [-0.2, -0.15) is 5.10 Å². The Kier molecular flexibility index (Phi) is 4.28. The predicted molar refractivity (Wildman–Crippen MR) is 115 cm³/mol. The molecule has 3 aromatic rings. The molecule has 5 rings (SSSR count). The molecule has 1 saturated heterocycles. The maximum atomic E-state index is 12.4. The van der Waals surface area contributed by atoms with Crippen LogP contribution in [-0.2, 0) is 11.8 Å². The highest BCUT2D eigenvalue weighted by Gasteiger charge is 2.45. The summed E-state index contributed by atoms with van der Waals surface area (Å²) in [6.45, 7) is 0.794. The molecule has 6 nitrogen and oxygen atoms in total. The molecule has 2 fully saturated rings. The molecule has 0 bridgehead atoms. The van der Waals surface area contributed by atoms with E-state index in [4.69, 9.17) is 17.3 Å². The van der Waals surface area contributed by atoms with Gasteiger partial charge in [-0.05, 0) is 61.3 Å². The summed E-state index contributed by atoms with van der Waals surface area (Å²) in [5.74, 6) is 0.858. The Morgan fingerprint density at radius 3 is 2.76 bits per heavy atom. The standard InChI is InChI=1S/C22H24ClN5O/c1-28-17-3-2-14(10-15(17)11-27-28)16-12-26-20(24)19(23)18(16)13-4-6-22(7-5-13)8-9-25-21(22)29/h2-3,10-13H,4-9H2,1H3,(H2,24,26)(H,25,29). The van der Waals surface area contributed by atoms with Gasteiger partial charge in [-0.1, -0.05) is 17.7 Å². The molecule has 29 heavy (non-hydrogen) atoms. The fourth-order valence-electron chi connectivity index (χ4n) is 5.13. The summed E-state index contributed by atoms with van der Waals surface area (Å²) in [5, 5.41) is 8.97. The molecule has 0 unspecified atom stereocenters. The lowest BCUT2D eigenvalue weighted by atomic mass is 9.67. The molecular formula is C22H24ClN5O. The molecule has 0 radical (unpaired) electrons. The zero-order chi connectivity index (χ0) is 20.2. The first-order chi connectivity index (χ1) is 14.0. The second-order valence-corrected chi connectivity index (χ2v) is 8.77. The topological polar surface area (TPSA) is 85.8 Å². The van der Waals surface area contributed by atoms with Crippen molar-refractivity contribution in [3.8, 4) is 11.1 Å². The second-order valence-electron chi connectivity index (χ2n) is 8.39. The molecule has 2 aliphatic rings. The van der Waals surface area contributed by atoms with E-state index in [2.05, 4.69) is 33.6 Å². The van der Waals surface area contributed by atoms with Crippen molar-refractivity contribution in [3.05, 3.63) is 41.2 Å². The number of fused-ring (bicyclic) bond motifs is 1. The maximum absolute atomic E-state index is 12.4. The van der Waals surface area contributed by atoms with E-state index in [0.29, 0.717) is 10.8 Å². The van der Waals surface area contributed by atoms with Crippen LogP contribution in [-0.4, -0.2) is 27.2 Å². The smallest absolute Gasteiger partial charge is 0.226 e. The van der Waals surface area contributed by atoms with E-state index in [9.17, 15) is 4.79 Å². The quantitative estimate of drug-likeness (QED) is 0.668. The second kappa shape index (κ2) is 6.73. The van der Waals surface area contributed by atoms with Gasteiger partial charge in [0.15, 0.2) is 0 Å². The van der Waals surface area contributed by atoms with Crippen LogP contribution in [0.5, 0.6) is 0 Å². The first-order valence-electron chi connectivity index (χ1n) is 10.1. The van der Waals surface area contributed by atoms with Crippen molar-refractivity contribution in [2.45, 2.75) is 38.0 Å². The number of carbonyl (C=O) groups excluding carboxylic acids is 1. The van der Waals surface area contributed by atoms with E-state index >= 15 is 0 Å². The van der Waals surface area contributed by atoms with Gasteiger partial charge in [-0.25, -0.2) is 4.98 Å². The number of hydrogen-bond donors (Lipinski definition) is 2. The first kappa shape index (κ1) is 18.4. The molecule has 1 spiro atoms. The molecule has 7 heteroatoms. The van der Waals surface area contributed by atoms with Crippen molar-refractivity contribution in [1.29, 1.82) is 0 Å². The number of rotatable bonds is 2. The summed E-state index contributed by atoms with van der Waals surface area (Å²) in [6, 6.07) is 6.29. The molecule has 3 N–H and O–H groups in total. The molecule has 1 amide bonds. The van der Waals surface area contributed by atoms with E-state index in [1.54, 1.807) is 0 Å². The SMILES string of the molecule is Cn1ncc2cc(-c3cnc(N)c(Cl)c3C3CCC4(CCNC4=O)CC3)ccc21. The third-order valence-electron chi connectivity index (χ3n) is 6.86. The number of amides is 1. The minimum Gasteiger partial charge on any atom is -0.382 e. The van der Waals surface area contributed by atoms with Crippen LogP contribution in [0.4, 0.5) is 5.82 Å². The number of hydrogen-bond acceptors (Lipinski definition) is 4. The van der Waals surface area contributed by atoms with E-state index in [0.717, 1.165) is 66.2 Å². The Balaban J connectivity index is 1.54. The molecule has 1 aliphatic carbocycles. The molecule has 3 heterocycles. The van der Waals surface area contributed by atoms with Crippen molar-refractivity contribution < 1.29 is 4.79 Å². The van der Waals surface area contributed by atoms with Crippen LogP contribution in [0.2, 0.25) is 5.02 Å². The summed E-state index contributed by atoms with van der Waals surface area (Å²) in [4.78, 5) is 16.7. The monoisotopic (exact) mass is 409 g/mol. The molecule has 150 valence electrons. The highest BCUT2D eigenvalue weighted by atomic mass is 35.5. The number of nitrogens with zero attached hydrogens (tertiary/aromatic N) is 3. The molecule has 1 aromatic carbocycles. The Bertz CT molecular complexity index is 1110. The van der Waals surface area contributed by atoms with Crippen molar-refractivity contribution in [2.75, 3.05) is 12.3 Å². The molecular weight excluding hydrogens is 386 g/mol. The third-order valence-corrected chi connectivity index (χ3v) is 7.26. The average molecular weight is 410 g/mol. The van der Waals surface area contributed by atoms with E-state index < -0.39 is 0 Å². The fourth-order valence-corrected chi connectivity index (χ4v) is 5.43. The summed E-state index contributed by atoms with van der Waals surface area (Å²) >= 11 is 6.70. The predicted octanol–water partition coefficient (Wildman–Crippen LogP) is 4.03. The Labute approximate surface area is 174 Å². The summed E-state index contributed by atoms with van der Waals surface area (Å²) in [7, 11) is 1.94. The summed E-state index contributed by atoms with van der Waals surface area (Å²) < 4.78 is 1.86. The number of nitrogens with two attached hydrogens (primary N) is 1. The fraction of sp³-hybridized carbons (Fsp3) is 0.409. The average Bonchev–Trinajstić information content (AvgIpc) is 3.27. The number of aromatic nitrogens is 3. The number of nitrogens with one attached hydrogen (secondary N) is 1. The van der Waals surface area contributed by atoms with E-state index in [1.807, 2.05) is 24.1 Å². The molecule has 1 saturated carbocycles. The van der Waals surface area contributed by atoms with Gasteiger partial charge >= 0.3 is 0 Å². The number of anilines is 1. The van der Waals surface area contributed by atoms with Crippen molar-refractivity contribution in [2.24, 2.45) is 12.5 Å². The van der Waals surface area contributed by atoms with Crippen LogP contribution in [0.25, 0.3) is 22.0 Å². The number of carbonyl (C=O) groups is 1. The van der Waals surface area contributed by atoms with Crippen LogP contribution in [0.1, 0.15) is 43.6 Å². The Hall–Kier alpha value is -2.60. The van der Waals surface area contributed by atoms with Crippen LogP contribution in [0.3, 0.4) is 0 Å². The van der Waals surface area contributed by atoms with Crippen molar-refractivity contribution >= 4 is 34.2 Å². The zero-order valence-corrected chi connectivity index (χ0v) is 17.2. The highest BCUT2D eigenvalue weighted by molar-refractivity contribution is 6.34. The first-order valence-corrected chi connectivity index (χ1v) is 10.5.